The predicted molar refractivity (Wildman–Crippen MR) is 77.3 cm³/mol. The van der Waals surface area contributed by atoms with Gasteiger partial charge in [0.15, 0.2) is 11.0 Å². The van der Waals surface area contributed by atoms with Crippen LogP contribution in [0.1, 0.15) is 0 Å². The number of hydrogen-bond donors (Lipinski definition) is 2. The molecule has 2 heterocycles. The number of carboxylic acid groups (broad SMARTS) is 1. The van der Waals surface area contributed by atoms with Crippen LogP contribution in [0.3, 0.4) is 0 Å². The van der Waals surface area contributed by atoms with Crippen molar-refractivity contribution in [3.63, 3.8) is 0 Å². The number of aliphatic carboxylic acids is 1. The van der Waals surface area contributed by atoms with Crippen LogP contribution in [-0.2, 0) is 4.79 Å². The van der Waals surface area contributed by atoms with Gasteiger partial charge in [0.1, 0.15) is 5.69 Å². The third-order valence-corrected chi connectivity index (χ3v) is 3.63. The van der Waals surface area contributed by atoms with Crippen LogP contribution in [0.15, 0.2) is 47.8 Å². The van der Waals surface area contributed by atoms with Crippen molar-refractivity contribution in [3.8, 4) is 17.2 Å². The molecule has 3 aromatic rings. The Hall–Kier alpha value is -2.61. The monoisotopic (exact) mass is 301 g/mol. The highest BCUT2D eigenvalue weighted by molar-refractivity contribution is 7.99. The maximum Gasteiger partial charge on any atom is 0.313 e. The molecule has 0 bridgehead atoms. The van der Waals surface area contributed by atoms with Crippen LogP contribution in [0, 0.1) is 0 Å². The fourth-order valence-corrected chi connectivity index (χ4v) is 2.53. The average Bonchev–Trinajstić information content (AvgIpc) is 3.15. The molecule has 3 rings (SSSR count). The highest BCUT2D eigenvalue weighted by Crippen LogP contribution is 2.26. The third kappa shape index (κ3) is 2.79. The number of nitrogens with one attached hydrogen (secondary N) is 1. The molecular weight excluding hydrogens is 290 g/mol. The van der Waals surface area contributed by atoms with Crippen molar-refractivity contribution in [1.82, 2.24) is 25.0 Å². The fraction of sp³-hybridized carbons (Fsp3) is 0.0769. The summed E-state index contributed by atoms with van der Waals surface area (Å²) >= 11 is 1.12. The lowest BCUT2D eigenvalue weighted by molar-refractivity contribution is -0.133. The number of carbonyl (C=O) groups is 1. The maximum atomic E-state index is 10.8. The van der Waals surface area contributed by atoms with Gasteiger partial charge in [-0.2, -0.15) is 5.10 Å². The number of para-hydroxylation sites is 1. The van der Waals surface area contributed by atoms with Gasteiger partial charge in [-0.15, -0.1) is 10.2 Å². The first-order valence-electron chi connectivity index (χ1n) is 6.11. The molecule has 0 saturated carbocycles. The summed E-state index contributed by atoms with van der Waals surface area (Å²) in [7, 11) is 0. The number of hydrogen-bond acceptors (Lipinski definition) is 5. The fourth-order valence-electron chi connectivity index (χ4n) is 1.85. The molecule has 0 radical (unpaired) electrons. The number of H-pyrrole nitrogens is 1. The number of aromatic nitrogens is 5. The first-order valence-corrected chi connectivity index (χ1v) is 7.09. The Morgan fingerprint density at radius 1 is 1.24 bits per heavy atom. The largest absolute Gasteiger partial charge is 0.481 e. The molecule has 0 fully saturated rings. The lowest BCUT2D eigenvalue weighted by Gasteiger charge is -2.08. The molecule has 0 atom stereocenters. The van der Waals surface area contributed by atoms with E-state index in [1.54, 1.807) is 16.8 Å². The minimum atomic E-state index is -0.897. The van der Waals surface area contributed by atoms with Gasteiger partial charge in [0, 0.05) is 11.9 Å². The van der Waals surface area contributed by atoms with Crippen LogP contribution in [0.4, 0.5) is 0 Å². The summed E-state index contributed by atoms with van der Waals surface area (Å²) in [5, 5.41) is 24.3. The second kappa shape index (κ2) is 5.80. The Morgan fingerprint density at radius 3 is 2.71 bits per heavy atom. The smallest absolute Gasteiger partial charge is 0.313 e. The third-order valence-electron chi connectivity index (χ3n) is 2.71. The van der Waals surface area contributed by atoms with E-state index < -0.39 is 5.97 Å². The summed E-state index contributed by atoms with van der Waals surface area (Å²) in [6.45, 7) is 0. The van der Waals surface area contributed by atoms with Gasteiger partial charge in [-0.05, 0) is 18.2 Å². The number of benzene rings is 1. The summed E-state index contributed by atoms with van der Waals surface area (Å²) in [5.41, 5.74) is 1.58. The molecule has 0 spiro atoms. The summed E-state index contributed by atoms with van der Waals surface area (Å²) in [6, 6.07) is 11.3. The van der Waals surface area contributed by atoms with Gasteiger partial charge >= 0.3 is 5.97 Å². The second-order valence-electron chi connectivity index (χ2n) is 4.13. The summed E-state index contributed by atoms with van der Waals surface area (Å²) in [6.07, 6.45) is 1.63. The van der Waals surface area contributed by atoms with E-state index in [1.165, 1.54) is 0 Å². The number of carboxylic acids is 1. The Morgan fingerprint density at radius 2 is 2.05 bits per heavy atom. The SMILES string of the molecule is O=C(O)CSc1nnc(-c2ccn[nH]2)n1-c1ccccc1. The van der Waals surface area contributed by atoms with E-state index in [2.05, 4.69) is 20.4 Å². The number of thioether (sulfide) groups is 1. The normalized spacial score (nSPS) is 10.7. The molecule has 0 aliphatic carbocycles. The lowest BCUT2D eigenvalue weighted by Crippen LogP contribution is -2.03. The Kier molecular flexibility index (Phi) is 3.69. The van der Waals surface area contributed by atoms with Crippen molar-refractivity contribution in [2.45, 2.75) is 5.16 Å². The van der Waals surface area contributed by atoms with Crippen molar-refractivity contribution >= 4 is 17.7 Å². The Balaban J connectivity index is 2.08. The quantitative estimate of drug-likeness (QED) is 0.698. The zero-order valence-electron chi connectivity index (χ0n) is 10.8. The van der Waals surface area contributed by atoms with Gasteiger partial charge < -0.3 is 5.11 Å². The van der Waals surface area contributed by atoms with E-state index in [0.29, 0.717) is 16.7 Å². The standard InChI is InChI=1S/C13H11N5O2S/c19-11(20)8-21-13-17-16-12(10-6-7-14-15-10)18(13)9-4-2-1-3-5-9/h1-7H,8H2,(H,14,15)(H,19,20). The van der Waals surface area contributed by atoms with Crippen molar-refractivity contribution in [3.05, 3.63) is 42.6 Å². The minimum Gasteiger partial charge on any atom is -0.481 e. The molecule has 0 amide bonds. The average molecular weight is 301 g/mol. The summed E-state index contributed by atoms with van der Waals surface area (Å²) in [4.78, 5) is 10.8. The zero-order valence-corrected chi connectivity index (χ0v) is 11.6. The molecule has 0 aliphatic heterocycles. The lowest BCUT2D eigenvalue weighted by atomic mass is 10.3. The summed E-state index contributed by atoms with van der Waals surface area (Å²) in [5.74, 6) is -0.384. The van der Waals surface area contributed by atoms with Crippen molar-refractivity contribution in [2.75, 3.05) is 5.75 Å². The molecule has 7 nitrogen and oxygen atoms in total. The van der Waals surface area contributed by atoms with Gasteiger partial charge in [0.2, 0.25) is 0 Å². The van der Waals surface area contributed by atoms with Crippen LogP contribution in [0.25, 0.3) is 17.2 Å². The predicted octanol–water partition coefficient (Wildman–Crippen LogP) is 1.83. The molecular formula is C13H11N5O2S. The van der Waals surface area contributed by atoms with Crippen LogP contribution in [-0.4, -0.2) is 41.8 Å². The Labute approximate surface area is 124 Å². The molecule has 2 aromatic heterocycles. The zero-order chi connectivity index (χ0) is 14.7. The van der Waals surface area contributed by atoms with E-state index in [9.17, 15) is 4.79 Å². The van der Waals surface area contributed by atoms with Crippen LogP contribution < -0.4 is 0 Å². The molecule has 106 valence electrons. The number of nitrogens with zero attached hydrogens (tertiary/aromatic N) is 4. The topological polar surface area (TPSA) is 96.7 Å². The molecule has 8 heteroatoms. The minimum absolute atomic E-state index is 0.0755. The van der Waals surface area contributed by atoms with E-state index in [4.69, 9.17) is 5.11 Å². The molecule has 0 aliphatic rings. The highest BCUT2D eigenvalue weighted by atomic mass is 32.2. The van der Waals surface area contributed by atoms with Gasteiger partial charge in [0.25, 0.3) is 0 Å². The first kappa shape index (κ1) is 13.4. The van der Waals surface area contributed by atoms with Crippen LogP contribution in [0.5, 0.6) is 0 Å². The van der Waals surface area contributed by atoms with E-state index >= 15 is 0 Å². The van der Waals surface area contributed by atoms with Gasteiger partial charge in [-0.3, -0.25) is 14.5 Å². The molecule has 21 heavy (non-hydrogen) atoms. The Bertz CT molecular complexity index is 739. The van der Waals surface area contributed by atoms with Gasteiger partial charge in [-0.25, -0.2) is 0 Å². The van der Waals surface area contributed by atoms with Gasteiger partial charge in [-0.1, -0.05) is 30.0 Å². The van der Waals surface area contributed by atoms with Crippen molar-refractivity contribution < 1.29 is 9.90 Å². The van der Waals surface area contributed by atoms with Gasteiger partial charge in [0.05, 0.1) is 5.75 Å². The number of aromatic amines is 1. The maximum absolute atomic E-state index is 10.8. The van der Waals surface area contributed by atoms with Crippen molar-refractivity contribution in [2.24, 2.45) is 0 Å². The summed E-state index contributed by atoms with van der Waals surface area (Å²) < 4.78 is 1.81. The molecule has 1 aromatic carbocycles. The van der Waals surface area contributed by atoms with E-state index in [-0.39, 0.29) is 5.75 Å². The van der Waals surface area contributed by atoms with Crippen molar-refractivity contribution in [1.29, 1.82) is 0 Å². The van der Waals surface area contributed by atoms with Crippen LogP contribution >= 0.6 is 11.8 Å². The van der Waals surface area contributed by atoms with Crippen LogP contribution in [0.2, 0.25) is 0 Å². The van der Waals surface area contributed by atoms with E-state index in [1.807, 2.05) is 30.3 Å². The second-order valence-corrected chi connectivity index (χ2v) is 5.07. The number of rotatable bonds is 5. The molecule has 0 unspecified atom stereocenters. The highest BCUT2D eigenvalue weighted by Gasteiger charge is 2.17. The van der Waals surface area contributed by atoms with E-state index in [0.717, 1.165) is 17.4 Å². The molecule has 0 saturated heterocycles. The first-order chi connectivity index (χ1) is 10.3. The molecule has 2 N–H and O–H groups in total.